The average molecular weight is 176 g/mol. The molecule has 11 heavy (non-hydrogen) atoms. The highest BCUT2D eigenvalue weighted by Gasteiger charge is 2.22. The van der Waals surface area contributed by atoms with Crippen LogP contribution >= 0.6 is 11.8 Å². The third-order valence-electron chi connectivity index (χ3n) is 1.11. The summed E-state index contributed by atoms with van der Waals surface area (Å²) in [5, 5.41) is -0.644. The summed E-state index contributed by atoms with van der Waals surface area (Å²) in [5.74, 6) is -0.594. The maximum Gasteiger partial charge on any atom is 0.326 e. The number of carbonyl (C=O) groups is 2. The van der Waals surface area contributed by atoms with Crippen molar-refractivity contribution in [3.05, 3.63) is 0 Å². The monoisotopic (exact) mass is 176 g/mol. The highest BCUT2D eigenvalue weighted by molar-refractivity contribution is 8.00. The second-order valence-electron chi connectivity index (χ2n) is 1.98. The van der Waals surface area contributed by atoms with Crippen LogP contribution in [0.5, 0.6) is 0 Å². The Bertz CT molecular complexity index is 156. The third kappa shape index (κ3) is 3.41. The minimum absolute atomic E-state index is 0.157. The highest BCUT2D eigenvalue weighted by Crippen LogP contribution is 2.09. The number of carbonyl (C=O) groups excluding carboxylic acids is 2. The van der Waals surface area contributed by atoms with Gasteiger partial charge in [0.2, 0.25) is 0 Å². The van der Waals surface area contributed by atoms with Crippen LogP contribution in [0, 0.1) is 0 Å². The smallest absolute Gasteiger partial charge is 0.326 e. The van der Waals surface area contributed by atoms with E-state index in [0.29, 0.717) is 6.61 Å². The summed E-state index contributed by atoms with van der Waals surface area (Å²) in [6.07, 6.45) is 1.71. The molecule has 3 nitrogen and oxygen atoms in total. The van der Waals surface area contributed by atoms with Crippen molar-refractivity contribution < 1.29 is 14.3 Å². The van der Waals surface area contributed by atoms with Gasteiger partial charge in [-0.25, -0.2) is 0 Å². The lowest BCUT2D eigenvalue weighted by atomic mass is 10.3. The third-order valence-corrected chi connectivity index (χ3v) is 2.10. The van der Waals surface area contributed by atoms with E-state index in [1.165, 1.54) is 18.7 Å². The quantitative estimate of drug-likeness (QED) is 0.471. The lowest BCUT2D eigenvalue weighted by Gasteiger charge is -2.08. The molecule has 0 aliphatic heterocycles. The van der Waals surface area contributed by atoms with E-state index in [9.17, 15) is 9.59 Å². The highest BCUT2D eigenvalue weighted by atomic mass is 32.2. The molecule has 0 aliphatic rings. The van der Waals surface area contributed by atoms with Gasteiger partial charge in [0.1, 0.15) is 0 Å². The van der Waals surface area contributed by atoms with E-state index in [2.05, 4.69) is 4.74 Å². The SMILES string of the molecule is CCOC(=O)[C@H](SC)C(C)=O. The summed E-state index contributed by atoms with van der Waals surface area (Å²) in [7, 11) is 0. The second-order valence-corrected chi connectivity index (χ2v) is 2.92. The van der Waals surface area contributed by atoms with Gasteiger partial charge in [-0.15, -0.1) is 11.8 Å². The van der Waals surface area contributed by atoms with Gasteiger partial charge in [0, 0.05) is 0 Å². The molecule has 0 aliphatic carbocycles. The lowest BCUT2D eigenvalue weighted by molar-refractivity contribution is -0.144. The van der Waals surface area contributed by atoms with Gasteiger partial charge in [0.15, 0.2) is 11.0 Å². The van der Waals surface area contributed by atoms with Crippen LogP contribution in [0.15, 0.2) is 0 Å². The fourth-order valence-corrected chi connectivity index (χ4v) is 1.24. The number of Topliss-reactive ketones (excluding diaryl/α,β-unsaturated/α-hetero) is 1. The van der Waals surface area contributed by atoms with Gasteiger partial charge in [0.05, 0.1) is 6.61 Å². The lowest BCUT2D eigenvalue weighted by Crippen LogP contribution is -2.26. The van der Waals surface area contributed by atoms with Crippen molar-refractivity contribution in [2.24, 2.45) is 0 Å². The number of esters is 1. The van der Waals surface area contributed by atoms with E-state index in [1.807, 2.05) is 0 Å². The molecule has 0 aromatic heterocycles. The number of ketones is 1. The molecule has 0 saturated heterocycles. The first-order valence-electron chi connectivity index (χ1n) is 3.33. The topological polar surface area (TPSA) is 43.4 Å². The van der Waals surface area contributed by atoms with Gasteiger partial charge in [-0.1, -0.05) is 0 Å². The van der Waals surface area contributed by atoms with Crippen molar-refractivity contribution in [1.82, 2.24) is 0 Å². The van der Waals surface area contributed by atoms with Crippen molar-refractivity contribution in [1.29, 1.82) is 0 Å². The fraction of sp³-hybridized carbons (Fsp3) is 0.714. The maximum atomic E-state index is 11.0. The van der Waals surface area contributed by atoms with Crippen LogP contribution in [-0.2, 0) is 14.3 Å². The molecule has 0 aromatic rings. The Hall–Kier alpha value is -0.510. The molecule has 0 radical (unpaired) electrons. The van der Waals surface area contributed by atoms with Crippen molar-refractivity contribution in [2.75, 3.05) is 12.9 Å². The predicted octanol–water partition coefficient (Wildman–Crippen LogP) is 0.870. The fourth-order valence-electron chi connectivity index (χ4n) is 0.646. The van der Waals surface area contributed by atoms with Gasteiger partial charge >= 0.3 is 5.97 Å². The standard InChI is InChI=1S/C7H12O3S/c1-4-10-7(9)6(11-3)5(2)8/h6H,4H2,1-3H3/t6-/m1/s1. The molecule has 0 unspecified atom stereocenters. The van der Waals surface area contributed by atoms with E-state index in [-0.39, 0.29) is 5.78 Å². The first-order valence-corrected chi connectivity index (χ1v) is 4.62. The Kier molecular flexibility index (Phi) is 4.94. The summed E-state index contributed by atoms with van der Waals surface area (Å²) in [5.41, 5.74) is 0. The van der Waals surface area contributed by atoms with E-state index >= 15 is 0 Å². The predicted molar refractivity (Wildman–Crippen MR) is 44.6 cm³/mol. The summed E-state index contributed by atoms with van der Waals surface area (Å²) in [6, 6.07) is 0. The van der Waals surface area contributed by atoms with Crippen molar-refractivity contribution in [2.45, 2.75) is 19.1 Å². The van der Waals surface area contributed by atoms with Crippen LogP contribution in [0.1, 0.15) is 13.8 Å². The molecule has 0 spiro atoms. The second kappa shape index (κ2) is 5.18. The zero-order valence-electron chi connectivity index (χ0n) is 6.92. The normalized spacial score (nSPS) is 12.3. The molecular weight excluding hydrogens is 164 g/mol. The minimum Gasteiger partial charge on any atom is -0.465 e. The van der Waals surface area contributed by atoms with Crippen LogP contribution in [0.3, 0.4) is 0 Å². The average Bonchev–Trinajstić information content (AvgIpc) is 1.88. The molecule has 0 rings (SSSR count). The molecule has 0 aromatic carbocycles. The van der Waals surface area contributed by atoms with E-state index in [0.717, 1.165) is 0 Å². The molecule has 0 bridgehead atoms. The molecule has 0 fully saturated rings. The molecule has 0 saturated carbocycles. The molecule has 64 valence electrons. The Balaban J connectivity index is 4.03. The Morgan fingerprint density at radius 1 is 1.55 bits per heavy atom. The number of hydrogen-bond acceptors (Lipinski definition) is 4. The molecular formula is C7H12O3S. The summed E-state index contributed by atoms with van der Waals surface area (Å²) in [4.78, 5) is 21.7. The maximum absolute atomic E-state index is 11.0. The van der Waals surface area contributed by atoms with E-state index in [1.54, 1.807) is 13.2 Å². The van der Waals surface area contributed by atoms with Crippen LogP contribution in [-0.4, -0.2) is 29.9 Å². The van der Waals surface area contributed by atoms with E-state index < -0.39 is 11.2 Å². The number of rotatable bonds is 4. The van der Waals surface area contributed by atoms with Crippen LogP contribution in [0.25, 0.3) is 0 Å². The molecule has 0 amide bonds. The van der Waals surface area contributed by atoms with Gasteiger partial charge in [-0.05, 0) is 20.1 Å². The molecule has 0 N–H and O–H groups in total. The largest absolute Gasteiger partial charge is 0.465 e. The van der Waals surface area contributed by atoms with Crippen LogP contribution in [0.4, 0.5) is 0 Å². The van der Waals surface area contributed by atoms with Gasteiger partial charge < -0.3 is 4.74 Å². The van der Waals surface area contributed by atoms with Crippen molar-refractivity contribution >= 4 is 23.5 Å². The number of hydrogen-bond donors (Lipinski definition) is 0. The Morgan fingerprint density at radius 2 is 2.09 bits per heavy atom. The molecule has 1 atom stereocenters. The molecule has 4 heteroatoms. The summed E-state index contributed by atoms with van der Waals surface area (Å²) >= 11 is 1.20. The first kappa shape index (κ1) is 10.5. The van der Waals surface area contributed by atoms with Gasteiger partial charge in [0.25, 0.3) is 0 Å². The van der Waals surface area contributed by atoms with Crippen LogP contribution in [0.2, 0.25) is 0 Å². The summed E-state index contributed by atoms with van der Waals surface area (Å²) in [6.45, 7) is 3.43. The van der Waals surface area contributed by atoms with Gasteiger partial charge in [-0.3, -0.25) is 9.59 Å². The van der Waals surface area contributed by atoms with Crippen LogP contribution < -0.4 is 0 Å². The summed E-state index contributed by atoms with van der Waals surface area (Å²) < 4.78 is 4.68. The first-order chi connectivity index (χ1) is 5.13. The Labute approximate surface area is 70.5 Å². The minimum atomic E-state index is -0.644. The van der Waals surface area contributed by atoms with E-state index in [4.69, 9.17) is 0 Å². The molecule has 0 heterocycles. The zero-order valence-corrected chi connectivity index (χ0v) is 7.73. The van der Waals surface area contributed by atoms with Crippen molar-refractivity contribution in [3.63, 3.8) is 0 Å². The Morgan fingerprint density at radius 3 is 2.36 bits per heavy atom. The zero-order chi connectivity index (χ0) is 8.85. The van der Waals surface area contributed by atoms with Crippen molar-refractivity contribution in [3.8, 4) is 0 Å². The van der Waals surface area contributed by atoms with Gasteiger partial charge in [-0.2, -0.15) is 0 Å². The number of thioether (sulfide) groups is 1. The number of ether oxygens (including phenoxy) is 1.